The van der Waals surface area contributed by atoms with Crippen LogP contribution in [-0.4, -0.2) is 59.7 Å². The lowest BCUT2D eigenvalue weighted by Crippen LogP contribution is -2.75. The molecule has 0 radical (unpaired) electrons. The zero-order valence-corrected chi connectivity index (χ0v) is 23.2. The summed E-state index contributed by atoms with van der Waals surface area (Å²) in [5.41, 5.74) is 0. The summed E-state index contributed by atoms with van der Waals surface area (Å²) in [5.74, 6) is -61.5. The van der Waals surface area contributed by atoms with Crippen molar-refractivity contribution in [3.8, 4) is 0 Å². The van der Waals surface area contributed by atoms with Crippen molar-refractivity contribution in [2.24, 2.45) is 0 Å². The van der Waals surface area contributed by atoms with E-state index in [-0.39, 0.29) is 6.42 Å². The van der Waals surface area contributed by atoms with Crippen LogP contribution in [0.4, 0.5) is 83.4 Å². The number of hydrogen-bond acceptors (Lipinski definition) is 2. The van der Waals surface area contributed by atoms with Crippen LogP contribution in [0.3, 0.4) is 0 Å². The van der Waals surface area contributed by atoms with Gasteiger partial charge in [0, 0.05) is 6.42 Å². The fraction of sp³-hybridized carbons (Fsp3) is 0.958. The molecule has 2 nitrogen and oxygen atoms in total. The van der Waals surface area contributed by atoms with Crippen molar-refractivity contribution in [1.82, 2.24) is 0 Å². The van der Waals surface area contributed by atoms with Crippen LogP contribution in [0.15, 0.2) is 0 Å². The molecular formula is C24H29F19O2. The monoisotopic (exact) mass is 710 g/mol. The summed E-state index contributed by atoms with van der Waals surface area (Å²) in [7, 11) is 0. The average Bonchev–Trinajstić information content (AvgIpc) is 2.84. The molecule has 0 aromatic carbocycles. The Kier molecular flexibility index (Phi) is 14.3. The van der Waals surface area contributed by atoms with Crippen LogP contribution in [0.5, 0.6) is 0 Å². The van der Waals surface area contributed by atoms with E-state index >= 15 is 0 Å². The normalized spacial score (nSPS) is 15.0. The van der Waals surface area contributed by atoms with Crippen LogP contribution >= 0.6 is 0 Å². The molecule has 0 amide bonds. The molecule has 0 bridgehead atoms. The number of carbonyl (C=O) groups excluding carboxylic acids is 1. The topological polar surface area (TPSA) is 26.3 Å². The molecule has 45 heavy (non-hydrogen) atoms. The van der Waals surface area contributed by atoms with Crippen LogP contribution in [0, 0.1) is 0 Å². The van der Waals surface area contributed by atoms with E-state index in [2.05, 4.69) is 4.74 Å². The van der Waals surface area contributed by atoms with Gasteiger partial charge < -0.3 is 4.74 Å². The molecule has 0 aromatic heterocycles. The second-order valence-electron chi connectivity index (χ2n) is 10.2. The van der Waals surface area contributed by atoms with E-state index < -0.39 is 79.0 Å². The summed E-state index contributed by atoms with van der Waals surface area (Å²) in [4.78, 5) is 11.4. The number of ether oxygens (including phenoxy) is 1. The Hall–Kier alpha value is -1.86. The molecule has 0 saturated heterocycles. The molecule has 21 heteroatoms. The summed E-state index contributed by atoms with van der Waals surface area (Å²) >= 11 is 0. The number of unbranched alkanes of at least 4 members (excludes halogenated alkanes) is 10. The molecule has 0 saturated carbocycles. The number of alkyl halides is 19. The van der Waals surface area contributed by atoms with E-state index in [0.29, 0.717) is 19.3 Å². The van der Waals surface area contributed by atoms with Gasteiger partial charge in [0.05, 0.1) is 0 Å². The van der Waals surface area contributed by atoms with E-state index in [0.717, 1.165) is 38.5 Å². The van der Waals surface area contributed by atoms with Gasteiger partial charge in [0.2, 0.25) is 0 Å². The first kappa shape index (κ1) is 43.1. The number of esters is 1. The maximum atomic E-state index is 13.9. The number of halogens is 19. The summed E-state index contributed by atoms with van der Waals surface area (Å²) in [6.45, 7) is 2.01. The Morgan fingerprint density at radius 3 is 1.11 bits per heavy atom. The molecule has 0 spiro atoms. The minimum absolute atomic E-state index is 0.0373. The van der Waals surface area contributed by atoms with Crippen LogP contribution in [0.1, 0.15) is 90.4 Å². The van der Waals surface area contributed by atoms with Crippen molar-refractivity contribution in [2.45, 2.75) is 144 Å². The van der Waals surface area contributed by atoms with E-state index in [9.17, 15) is 88.2 Å². The van der Waals surface area contributed by atoms with Crippen molar-refractivity contribution >= 4 is 5.97 Å². The third-order valence-electron chi connectivity index (χ3n) is 6.45. The predicted molar refractivity (Wildman–Crippen MR) is 117 cm³/mol. The maximum absolute atomic E-state index is 13.9. The number of carbonyl (C=O) groups is 1. The fourth-order valence-electron chi connectivity index (χ4n) is 3.76. The first-order valence-electron chi connectivity index (χ1n) is 13.2. The lowest BCUT2D eigenvalue weighted by Gasteiger charge is -2.43. The predicted octanol–water partition coefficient (Wildman–Crippen LogP) is 11.2. The lowest BCUT2D eigenvalue weighted by atomic mass is 9.88. The van der Waals surface area contributed by atoms with Gasteiger partial charge in [-0.3, -0.25) is 4.79 Å². The van der Waals surface area contributed by atoms with Crippen molar-refractivity contribution in [3.63, 3.8) is 0 Å². The van der Waals surface area contributed by atoms with Crippen LogP contribution in [-0.2, 0) is 9.53 Å². The SMILES string of the molecule is CCCCCCCCCCCCCC(=O)OC(F)(F)C(F)(F)C(F)(F)C(F)(F)C(F)(F)C(F)(F)C(F)(F)C(F)(F)CC(F)(F)F. The quantitative estimate of drug-likeness (QED) is 0.0674. The van der Waals surface area contributed by atoms with E-state index in [1.54, 1.807) is 0 Å². The van der Waals surface area contributed by atoms with E-state index in [4.69, 9.17) is 0 Å². The van der Waals surface area contributed by atoms with E-state index in [1.165, 1.54) is 0 Å². The highest BCUT2D eigenvalue weighted by molar-refractivity contribution is 5.69. The second-order valence-corrected chi connectivity index (χ2v) is 10.2. The zero-order valence-electron chi connectivity index (χ0n) is 23.2. The Labute approximate surface area is 244 Å². The third-order valence-corrected chi connectivity index (χ3v) is 6.45. The first-order chi connectivity index (χ1) is 19.9. The van der Waals surface area contributed by atoms with Gasteiger partial charge in [0.1, 0.15) is 6.42 Å². The third kappa shape index (κ3) is 9.37. The maximum Gasteiger partial charge on any atom is 0.473 e. The highest BCUT2D eigenvalue weighted by atomic mass is 19.4. The summed E-state index contributed by atoms with van der Waals surface area (Å²) in [6.07, 6.45) is -12.5. The second kappa shape index (κ2) is 14.9. The van der Waals surface area contributed by atoms with Crippen molar-refractivity contribution in [3.05, 3.63) is 0 Å². The van der Waals surface area contributed by atoms with Crippen LogP contribution in [0.25, 0.3) is 0 Å². The van der Waals surface area contributed by atoms with Gasteiger partial charge in [-0.2, -0.15) is 83.4 Å². The zero-order chi connectivity index (χ0) is 36.0. The lowest BCUT2D eigenvalue weighted by molar-refractivity contribution is -0.469. The standard InChI is InChI=1S/C24H29F19O2/c1-2-3-4-5-6-7-8-9-10-11-12-13-15(44)45-24(42,43)23(40,41)22(38,39)21(36,37)20(34,35)19(32,33)18(30,31)16(25,26)14-17(27,28)29/h2-14H2,1H3. The van der Waals surface area contributed by atoms with Crippen molar-refractivity contribution < 1.29 is 92.9 Å². The van der Waals surface area contributed by atoms with Crippen molar-refractivity contribution in [1.29, 1.82) is 0 Å². The average molecular weight is 710 g/mol. The summed E-state index contributed by atoms with van der Waals surface area (Å²) in [6, 6.07) is 0. The first-order valence-corrected chi connectivity index (χ1v) is 13.2. The Bertz CT molecular complexity index is 928. The molecule has 0 aliphatic heterocycles. The molecule has 0 aliphatic rings. The molecule has 0 unspecified atom stereocenters. The number of rotatable bonds is 21. The minimum atomic E-state index is -8.87. The Balaban J connectivity index is 5.68. The van der Waals surface area contributed by atoms with Gasteiger partial charge in [0.25, 0.3) is 0 Å². The largest absolute Gasteiger partial charge is 0.473 e. The van der Waals surface area contributed by atoms with Gasteiger partial charge in [-0.1, -0.05) is 71.1 Å². The molecule has 0 atom stereocenters. The van der Waals surface area contributed by atoms with Gasteiger partial charge in [-0.05, 0) is 6.42 Å². The summed E-state index contributed by atoms with van der Waals surface area (Å²) < 4.78 is 257. The molecule has 0 N–H and O–H groups in total. The Morgan fingerprint density at radius 1 is 0.444 bits per heavy atom. The minimum Gasteiger partial charge on any atom is -0.396 e. The van der Waals surface area contributed by atoms with Gasteiger partial charge in [-0.25, -0.2) is 0 Å². The smallest absolute Gasteiger partial charge is 0.396 e. The Morgan fingerprint density at radius 2 is 0.756 bits per heavy atom. The van der Waals surface area contributed by atoms with Crippen LogP contribution in [0.2, 0.25) is 0 Å². The molecular weight excluding hydrogens is 681 g/mol. The molecule has 0 fully saturated rings. The molecule has 0 rings (SSSR count). The molecule has 0 aromatic rings. The van der Waals surface area contributed by atoms with Crippen molar-refractivity contribution in [2.75, 3.05) is 0 Å². The van der Waals surface area contributed by atoms with Crippen LogP contribution < -0.4 is 0 Å². The summed E-state index contributed by atoms with van der Waals surface area (Å²) in [5, 5.41) is 0. The molecule has 0 aliphatic carbocycles. The van der Waals surface area contributed by atoms with Gasteiger partial charge >= 0.3 is 59.7 Å². The molecule has 0 heterocycles. The van der Waals surface area contributed by atoms with Gasteiger partial charge in [-0.15, -0.1) is 0 Å². The number of hydrogen-bond donors (Lipinski definition) is 0. The highest BCUT2D eigenvalue weighted by Crippen LogP contribution is 2.64. The fourth-order valence-corrected chi connectivity index (χ4v) is 3.76. The highest BCUT2D eigenvalue weighted by Gasteiger charge is 2.95. The molecule has 270 valence electrons. The van der Waals surface area contributed by atoms with Gasteiger partial charge in [0.15, 0.2) is 0 Å². The van der Waals surface area contributed by atoms with E-state index in [1.807, 2.05) is 6.92 Å².